The average Bonchev–Trinajstić information content (AvgIpc) is 2.89. The minimum absolute atomic E-state index is 0.209. The van der Waals surface area contributed by atoms with Crippen LogP contribution in [0.15, 0.2) is 42.5 Å². The van der Waals surface area contributed by atoms with Crippen LogP contribution in [0.3, 0.4) is 0 Å². The normalized spacial score (nSPS) is 10.5. The van der Waals surface area contributed by atoms with Crippen molar-refractivity contribution in [1.29, 1.82) is 0 Å². The Morgan fingerprint density at radius 2 is 1.95 bits per heavy atom. The number of benzene rings is 1. The van der Waals surface area contributed by atoms with Crippen LogP contribution in [0.1, 0.15) is 16.9 Å². The lowest BCUT2D eigenvalue weighted by Gasteiger charge is -2.03. The van der Waals surface area contributed by atoms with E-state index in [1.807, 2.05) is 24.3 Å². The number of aryl methyl sites for hydroxylation is 1. The van der Waals surface area contributed by atoms with Gasteiger partial charge in [-0.2, -0.15) is 0 Å². The van der Waals surface area contributed by atoms with Gasteiger partial charge < -0.3 is 5.32 Å². The molecule has 0 unspecified atom stereocenters. The van der Waals surface area contributed by atoms with E-state index in [9.17, 15) is 10.1 Å². The van der Waals surface area contributed by atoms with E-state index in [0.29, 0.717) is 6.54 Å². The monoisotopic (exact) mass is 276 g/mol. The predicted molar refractivity (Wildman–Crippen MR) is 77.4 cm³/mol. The van der Waals surface area contributed by atoms with Crippen LogP contribution in [0, 0.1) is 10.1 Å². The third kappa shape index (κ3) is 4.46. The Kier molecular flexibility index (Phi) is 5.06. The fourth-order valence-corrected chi connectivity index (χ4v) is 2.62. The van der Waals surface area contributed by atoms with E-state index in [0.717, 1.165) is 24.3 Å². The average molecular weight is 276 g/mol. The summed E-state index contributed by atoms with van der Waals surface area (Å²) in [6.07, 6.45) is 2.12. The number of hydrogen-bond donors (Lipinski definition) is 1. The first-order valence-corrected chi connectivity index (χ1v) is 7.05. The van der Waals surface area contributed by atoms with Gasteiger partial charge in [0, 0.05) is 17.5 Å². The maximum atomic E-state index is 10.5. The van der Waals surface area contributed by atoms with E-state index in [1.54, 1.807) is 6.07 Å². The molecule has 0 atom stereocenters. The molecule has 0 radical (unpaired) electrons. The van der Waals surface area contributed by atoms with Crippen molar-refractivity contribution in [1.82, 2.24) is 5.32 Å². The Bertz CT molecular complexity index is 525. The fourth-order valence-electron chi connectivity index (χ4n) is 1.83. The molecule has 0 aliphatic heterocycles. The van der Waals surface area contributed by atoms with Crippen molar-refractivity contribution in [3.63, 3.8) is 0 Å². The molecule has 100 valence electrons. The number of rotatable bonds is 7. The number of nitrogens with one attached hydrogen (secondary N) is 1. The van der Waals surface area contributed by atoms with Crippen molar-refractivity contribution in [3.8, 4) is 0 Å². The number of nitro groups is 1. The van der Waals surface area contributed by atoms with Gasteiger partial charge in [-0.15, -0.1) is 0 Å². The second-order valence-electron chi connectivity index (χ2n) is 4.26. The lowest BCUT2D eigenvalue weighted by atomic mass is 10.1. The highest BCUT2D eigenvalue weighted by atomic mass is 32.1. The largest absolute Gasteiger partial charge is 0.324 e. The molecule has 0 spiro atoms. The Balaban J connectivity index is 1.65. The van der Waals surface area contributed by atoms with E-state index >= 15 is 0 Å². The summed E-state index contributed by atoms with van der Waals surface area (Å²) in [6, 6.07) is 13.7. The molecule has 1 heterocycles. The molecule has 0 bridgehead atoms. The van der Waals surface area contributed by atoms with E-state index in [4.69, 9.17) is 0 Å². The topological polar surface area (TPSA) is 55.2 Å². The first kappa shape index (κ1) is 13.7. The number of hydrogen-bond acceptors (Lipinski definition) is 4. The van der Waals surface area contributed by atoms with Gasteiger partial charge in [0.15, 0.2) is 0 Å². The van der Waals surface area contributed by atoms with Crippen LogP contribution in [0.2, 0.25) is 0 Å². The lowest BCUT2D eigenvalue weighted by Crippen LogP contribution is -2.14. The molecule has 0 aliphatic carbocycles. The molecule has 1 N–H and O–H groups in total. The lowest BCUT2D eigenvalue weighted by molar-refractivity contribution is -0.380. The van der Waals surface area contributed by atoms with Crippen LogP contribution in [-0.2, 0) is 13.0 Å². The summed E-state index contributed by atoms with van der Waals surface area (Å²) in [7, 11) is 0. The molecular weight excluding hydrogens is 260 g/mol. The maximum absolute atomic E-state index is 10.5. The summed E-state index contributed by atoms with van der Waals surface area (Å²) in [5.41, 5.74) is 1.34. The molecule has 2 aromatic rings. The Morgan fingerprint density at radius 3 is 2.63 bits per heavy atom. The van der Waals surface area contributed by atoms with E-state index in [1.165, 1.54) is 16.9 Å². The minimum Gasteiger partial charge on any atom is -0.312 e. The van der Waals surface area contributed by atoms with Gasteiger partial charge in [-0.25, -0.2) is 0 Å². The third-order valence-electron chi connectivity index (χ3n) is 2.79. The molecule has 5 heteroatoms. The van der Waals surface area contributed by atoms with Gasteiger partial charge >= 0.3 is 5.00 Å². The van der Waals surface area contributed by atoms with Crippen molar-refractivity contribution >= 4 is 16.3 Å². The summed E-state index contributed by atoms with van der Waals surface area (Å²) in [4.78, 5) is 11.2. The van der Waals surface area contributed by atoms with Crippen molar-refractivity contribution < 1.29 is 4.92 Å². The van der Waals surface area contributed by atoms with Crippen LogP contribution in [0.5, 0.6) is 0 Å². The Morgan fingerprint density at radius 1 is 1.16 bits per heavy atom. The highest BCUT2D eigenvalue weighted by Gasteiger charge is 2.08. The van der Waals surface area contributed by atoms with Gasteiger partial charge in [0.25, 0.3) is 0 Å². The third-order valence-corrected chi connectivity index (χ3v) is 3.83. The van der Waals surface area contributed by atoms with Crippen LogP contribution < -0.4 is 5.32 Å². The van der Waals surface area contributed by atoms with Crippen molar-refractivity contribution in [2.75, 3.05) is 6.54 Å². The molecular formula is C14H16N2O2S. The maximum Gasteiger partial charge on any atom is 0.324 e. The molecule has 4 nitrogen and oxygen atoms in total. The Hall–Kier alpha value is -1.72. The van der Waals surface area contributed by atoms with Crippen molar-refractivity contribution in [2.24, 2.45) is 0 Å². The van der Waals surface area contributed by atoms with E-state index < -0.39 is 0 Å². The second-order valence-corrected chi connectivity index (χ2v) is 5.41. The molecule has 0 amide bonds. The zero-order chi connectivity index (χ0) is 13.5. The Labute approximate surface area is 116 Å². The van der Waals surface area contributed by atoms with Gasteiger partial charge in [-0.1, -0.05) is 41.7 Å². The smallest absolute Gasteiger partial charge is 0.312 e. The van der Waals surface area contributed by atoms with Crippen LogP contribution >= 0.6 is 11.3 Å². The SMILES string of the molecule is O=[N+]([O-])c1ccc(CNCCCc2ccccc2)s1. The highest BCUT2D eigenvalue weighted by Crippen LogP contribution is 2.23. The standard InChI is InChI=1S/C14H16N2O2S/c17-16(18)14-9-8-13(19-14)11-15-10-4-7-12-5-2-1-3-6-12/h1-3,5-6,8-9,15H,4,7,10-11H2. The minimum atomic E-state index is -0.344. The summed E-state index contributed by atoms with van der Waals surface area (Å²) in [5.74, 6) is 0. The second kappa shape index (κ2) is 7.01. The van der Waals surface area contributed by atoms with E-state index in [2.05, 4.69) is 17.4 Å². The van der Waals surface area contributed by atoms with Gasteiger partial charge in [-0.05, 0) is 31.0 Å². The molecule has 19 heavy (non-hydrogen) atoms. The quantitative estimate of drug-likeness (QED) is 0.479. The zero-order valence-electron chi connectivity index (χ0n) is 10.5. The summed E-state index contributed by atoms with van der Waals surface area (Å²) in [6.45, 7) is 1.62. The first-order chi connectivity index (χ1) is 9.25. The summed E-state index contributed by atoms with van der Waals surface area (Å²) < 4.78 is 0. The molecule has 0 saturated heterocycles. The zero-order valence-corrected chi connectivity index (χ0v) is 11.4. The summed E-state index contributed by atoms with van der Waals surface area (Å²) >= 11 is 1.23. The molecule has 0 aliphatic rings. The predicted octanol–water partition coefficient (Wildman–Crippen LogP) is 3.38. The first-order valence-electron chi connectivity index (χ1n) is 6.23. The van der Waals surface area contributed by atoms with Crippen molar-refractivity contribution in [2.45, 2.75) is 19.4 Å². The van der Waals surface area contributed by atoms with Crippen LogP contribution in [0.25, 0.3) is 0 Å². The fraction of sp³-hybridized carbons (Fsp3) is 0.286. The number of nitrogens with zero attached hydrogens (tertiary/aromatic N) is 1. The van der Waals surface area contributed by atoms with Gasteiger partial charge in [0.1, 0.15) is 0 Å². The van der Waals surface area contributed by atoms with Gasteiger partial charge in [0.05, 0.1) is 4.92 Å². The van der Waals surface area contributed by atoms with Gasteiger partial charge in [0.2, 0.25) is 0 Å². The van der Waals surface area contributed by atoms with Crippen LogP contribution in [0.4, 0.5) is 5.00 Å². The molecule has 1 aromatic carbocycles. The van der Waals surface area contributed by atoms with E-state index in [-0.39, 0.29) is 9.92 Å². The van der Waals surface area contributed by atoms with Crippen LogP contribution in [-0.4, -0.2) is 11.5 Å². The molecule has 0 fully saturated rings. The van der Waals surface area contributed by atoms with Crippen molar-refractivity contribution in [3.05, 3.63) is 63.0 Å². The molecule has 2 rings (SSSR count). The summed E-state index contributed by atoms with van der Waals surface area (Å²) in [5, 5.41) is 14.1. The molecule has 1 aromatic heterocycles. The molecule has 0 saturated carbocycles. The number of thiophene rings is 1. The van der Waals surface area contributed by atoms with Gasteiger partial charge in [-0.3, -0.25) is 10.1 Å². The highest BCUT2D eigenvalue weighted by molar-refractivity contribution is 7.15.